The van der Waals surface area contributed by atoms with E-state index in [2.05, 4.69) is 5.32 Å². The lowest BCUT2D eigenvalue weighted by Crippen LogP contribution is -2.41. The lowest BCUT2D eigenvalue weighted by Gasteiger charge is -2.33. The average molecular weight is 420 g/mol. The highest BCUT2D eigenvalue weighted by Gasteiger charge is 2.25. The molecule has 2 aliphatic heterocycles. The molecule has 0 saturated carbocycles. The number of hydrogen-bond acceptors (Lipinski definition) is 6. The second-order valence-corrected chi connectivity index (χ2v) is 7.90. The van der Waals surface area contributed by atoms with Gasteiger partial charge in [-0.3, -0.25) is 14.4 Å². The predicted molar refractivity (Wildman–Crippen MR) is 113 cm³/mol. The number of likely N-dealkylation sites (tertiary alicyclic amines) is 1. The maximum absolute atomic E-state index is 12.5. The van der Waals surface area contributed by atoms with Gasteiger partial charge in [0.1, 0.15) is 11.5 Å². The predicted octanol–water partition coefficient (Wildman–Crippen LogP) is 2.69. The molecule has 2 saturated heterocycles. The number of carbonyl (C=O) groups excluding carboxylic acids is 2. The molecule has 1 atom stereocenters. The maximum Gasteiger partial charge on any atom is 0.224 e. The summed E-state index contributed by atoms with van der Waals surface area (Å²) >= 11 is 0. The molecule has 8 heteroatoms. The Morgan fingerprint density at radius 2 is 1.87 bits per heavy atom. The van der Waals surface area contributed by atoms with Crippen LogP contribution in [0.5, 0.6) is 11.5 Å². The molecule has 0 bridgehead atoms. The topological polar surface area (TPSA) is 80.3 Å². The minimum absolute atomic E-state index is 0.0417. The van der Waals surface area contributed by atoms with Gasteiger partial charge in [0.25, 0.3) is 0 Å². The third kappa shape index (κ3) is 6.60. The van der Waals surface area contributed by atoms with Gasteiger partial charge in [0.2, 0.25) is 11.8 Å². The first-order valence-electron chi connectivity index (χ1n) is 10.8. The number of ether oxygens (including phenoxy) is 2. The van der Waals surface area contributed by atoms with Crippen LogP contribution in [0.3, 0.4) is 0 Å². The highest BCUT2D eigenvalue weighted by Crippen LogP contribution is 2.26. The zero-order chi connectivity index (χ0) is 21.3. The SMILES string of the molecule is COc1cc(NC(=O)CC[C@H]2CCCN(C(=O)CCN3CCCO3)C2)cc(OC)c1. The summed E-state index contributed by atoms with van der Waals surface area (Å²) < 4.78 is 10.5. The molecule has 2 heterocycles. The fourth-order valence-electron chi connectivity index (χ4n) is 4.02. The van der Waals surface area contributed by atoms with Crippen LogP contribution in [0.4, 0.5) is 5.69 Å². The van der Waals surface area contributed by atoms with Crippen LogP contribution in [-0.2, 0) is 14.4 Å². The van der Waals surface area contributed by atoms with Crippen LogP contribution < -0.4 is 14.8 Å². The van der Waals surface area contributed by atoms with E-state index in [4.69, 9.17) is 14.3 Å². The lowest BCUT2D eigenvalue weighted by molar-refractivity contribution is -0.140. The van der Waals surface area contributed by atoms with Gasteiger partial charge in [-0.25, -0.2) is 0 Å². The number of methoxy groups -OCH3 is 2. The van der Waals surface area contributed by atoms with Crippen molar-refractivity contribution in [1.82, 2.24) is 9.96 Å². The zero-order valence-corrected chi connectivity index (χ0v) is 18.0. The number of benzene rings is 1. The number of hydrogen-bond donors (Lipinski definition) is 1. The van der Waals surface area contributed by atoms with Gasteiger partial charge in [0, 0.05) is 62.9 Å². The second kappa shape index (κ2) is 11.2. The van der Waals surface area contributed by atoms with E-state index in [0.29, 0.717) is 42.5 Å². The van der Waals surface area contributed by atoms with Crippen molar-refractivity contribution >= 4 is 17.5 Å². The van der Waals surface area contributed by atoms with Crippen molar-refractivity contribution in [3.05, 3.63) is 18.2 Å². The molecular weight excluding hydrogens is 386 g/mol. The van der Waals surface area contributed by atoms with E-state index in [-0.39, 0.29) is 11.8 Å². The molecule has 0 aromatic heterocycles. The molecule has 0 aliphatic carbocycles. The van der Waals surface area contributed by atoms with Gasteiger partial charge >= 0.3 is 0 Å². The van der Waals surface area contributed by atoms with Crippen molar-refractivity contribution in [3.8, 4) is 11.5 Å². The molecule has 1 aromatic rings. The first-order valence-corrected chi connectivity index (χ1v) is 10.8. The first kappa shape index (κ1) is 22.4. The van der Waals surface area contributed by atoms with Crippen LogP contribution in [0.2, 0.25) is 0 Å². The van der Waals surface area contributed by atoms with Gasteiger partial charge in [-0.1, -0.05) is 0 Å². The van der Waals surface area contributed by atoms with Crippen molar-refractivity contribution in [1.29, 1.82) is 0 Å². The Labute approximate surface area is 178 Å². The fraction of sp³-hybridized carbons (Fsp3) is 0.636. The summed E-state index contributed by atoms with van der Waals surface area (Å²) in [4.78, 5) is 32.4. The summed E-state index contributed by atoms with van der Waals surface area (Å²) in [6.45, 7) is 3.87. The van der Waals surface area contributed by atoms with E-state index in [1.165, 1.54) is 0 Å². The molecule has 2 aliphatic rings. The summed E-state index contributed by atoms with van der Waals surface area (Å²) in [5.41, 5.74) is 0.654. The maximum atomic E-state index is 12.5. The van der Waals surface area contributed by atoms with Crippen molar-refractivity contribution in [3.63, 3.8) is 0 Å². The highest BCUT2D eigenvalue weighted by molar-refractivity contribution is 5.91. The lowest BCUT2D eigenvalue weighted by atomic mass is 9.93. The number of rotatable bonds is 9. The number of amides is 2. The Hall–Kier alpha value is -2.32. The molecule has 0 unspecified atom stereocenters. The molecule has 8 nitrogen and oxygen atoms in total. The smallest absolute Gasteiger partial charge is 0.224 e. The van der Waals surface area contributed by atoms with Gasteiger partial charge < -0.3 is 19.7 Å². The average Bonchev–Trinajstić information content (AvgIpc) is 3.29. The molecular formula is C22H33N3O5. The summed E-state index contributed by atoms with van der Waals surface area (Å²) in [6, 6.07) is 5.30. The summed E-state index contributed by atoms with van der Waals surface area (Å²) in [5.74, 6) is 1.76. The van der Waals surface area contributed by atoms with Crippen LogP contribution in [0, 0.1) is 5.92 Å². The van der Waals surface area contributed by atoms with Crippen LogP contribution in [-0.4, -0.2) is 68.8 Å². The Balaban J connectivity index is 1.42. The minimum atomic E-state index is -0.0417. The molecule has 2 amide bonds. The number of anilines is 1. The number of piperidine rings is 1. The van der Waals surface area contributed by atoms with Crippen molar-refractivity contribution in [2.24, 2.45) is 5.92 Å². The minimum Gasteiger partial charge on any atom is -0.497 e. The number of hydroxylamine groups is 2. The second-order valence-electron chi connectivity index (χ2n) is 7.90. The highest BCUT2D eigenvalue weighted by atomic mass is 16.7. The molecule has 0 radical (unpaired) electrons. The Morgan fingerprint density at radius 3 is 2.53 bits per heavy atom. The van der Waals surface area contributed by atoms with E-state index in [1.54, 1.807) is 32.4 Å². The number of nitrogens with one attached hydrogen (secondary N) is 1. The molecule has 3 rings (SSSR count). The molecule has 2 fully saturated rings. The van der Waals surface area contributed by atoms with E-state index >= 15 is 0 Å². The standard InChI is InChI=1S/C22H33N3O5/c1-28-19-13-18(14-20(15-19)29-2)23-21(26)7-6-17-5-3-9-24(16-17)22(27)8-11-25-10-4-12-30-25/h13-15,17H,3-12,16H2,1-2H3,(H,23,26)/t17-/m1/s1. The molecule has 30 heavy (non-hydrogen) atoms. The normalized spacial score (nSPS) is 19.5. The largest absolute Gasteiger partial charge is 0.497 e. The molecule has 0 spiro atoms. The van der Waals surface area contributed by atoms with E-state index in [1.807, 2.05) is 9.96 Å². The number of nitrogens with zero attached hydrogens (tertiary/aromatic N) is 2. The van der Waals surface area contributed by atoms with Crippen molar-refractivity contribution in [2.45, 2.75) is 38.5 Å². The van der Waals surface area contributed by atoms with E-state index in [0.717, 1.165) is 51.9 Å². The van der Waals surface area contributed by atoms with Gasteiger partial charge in [-0.15, -0.1) is 0 Å². The van der Waals surface area contributed by atoms with E-state index in [9.17, 15) is 9.59 Å². The first-order chi connectivity index (χ1) is 14.6. The fourth-order valence-corrected chi connectivity index (χ4v) is 4.02. The number of carbonyl (C=O) groups is 2. The third-order valence-electron chi connectivity index (χ3n) is 5.69. The van der Waals surface area contributed by atoms with Gasteiger partial charge in [0.05, 0.1) is 20.8 Å². The summed E-state index contributed by atoms with van der Waals surface area (Å²) in [5, 5.41) is 4.80. The monoisotopic (exact) mass is 419 g/mol. The van der Waals surface area contributed by atoms with Crippen LogP contribution in [0.1, 0.15) is 38.5 Å². The van der Waals surface area contributed by atoms with E-state index < -0.39 is 0 Å². The zero-order valence-electron chi connectivity index (χ0n) is 18.0. The quantitative estimate of drug-likeness (QED) is 0.663. The Bertz CT molecular complexity index is 698. The van der Waals surface area contributed by atoms with Crippen LogP contribution in [0.25, 0.3) is 0 Å². The summed E-state index contributed by atoms with van der Waals surface area (Å²) in [6.07, 6.45) is 4.76. The van der Waals surface area contributed by atoms with Crippen molar-refractivity contribution < 1.29 is 23.9 Å². The molecule has 166 valence electrons. The van der Waals surface area contributed by atoms with Crippen LogP contribution in [0.15, 0.2) is 18.2 Å². The Kier molecular flexibility index (Phi) is 8.33. The Morgan fingerprint density at radius 1 is 1.10 bits per heavy atom. The summed E-state index contributed by atoms with van der Waals surface area (Å²) in [7, 11) is 3.16. The van der Waals surface area contributed by atoms with Gasteiger partial charge in [-0.2, -0.15) is 5.06 Å². The molecule has 1 aromatic carbocycles. The van der Waals surface area contributed by atoms with Crippen LogP contribution >= 0.6 is 0 Å². The molecule has 1 N–H and O–H groups in total. The third-order valence-corrected chi connectivity index (χ3v) is 5.69. The van der Waals surface area contributed by atoms with Crippen molar-refractivity contribution in [2.75, 3.05) is 52.3 Å². The van der Waals surface area contributed by atoms with Gasteiger partial charge in [-0.05, 0) is 31.6 Å². The van der Waals surface area contributed by atoms with Gasteiger partial charge in [0.15, 0.2) is 0 Å².